The van der Waals surface area contributed by atoms with Crippen LogP contribution in [0.4, 0.5) is 0 Å². The lowest BCUT2D eigenvalue weighted by atomic mass is 10.1. The average molecular weight is 308 g/mol. The zero-order chi connectivity index (χ0) is 13.0. The van der Waals surface area contributed by atoms with Gasteiger partial charge < -0.3 is 9.84 Å². The third kappa shape index (κ3) is 3.07. The molecule has 0 aliphatic carbocycles. The van der Waals surface area contributed by atoms with Crippen molar-refractivity contribution in [2.45, 2.75) is 6.42 Å². The standard InChI is InChI=1S/C13H10BrNO3/c14-10-8-15-6-5-12(10)18-11-4-2-1-3-9(11)7-13(16)17/h1-6,8H,7H2,(H,16,17). The van der Waals surface area contributed by atoms with Crippen molar-refractivity contribution in [3.63, 3.8) is 0 Å². The van der Waals surface area contributed by atoms with E-state index in [4.69, 9.17) is 9.84 Å². The molecule has 1 aromatic heterocycles. The zero-order valence-electron chi connectivity index (χ0n) is 9.34. The Morgan fingerprint density at radius 1 is 1.28 bits per heavy atom. The van der Waals surface area contributed by atoms with Gasteiger partial charge in [-0.15, -0.1) is 0 Å². The number of para-hydroxylation sites is 1. The van der Waals surface area contributed by atoms with Gasteiger partial charge in [-0.1, -0.05) is 18.2 Å². The van der Waals surface area contributed by atoms with Crippen LogP contribution in [0.5, 0.6) is 11.5 Å². The van der Waals surface area contributed by atoms with Gasteiger partial charge >= 0.3 is 5.97 Å². The van der Waals surface area contributed by atoms with Crippen molar-refractivity contribution in [1.29, 1.82) is 0 Å². The van der Waals surface area contributed by atoms with E-state index >= 15 is 0 Å². The molecule has 5 heteroatoms. The predicted molar refractivity (Wildman–Crippen MR) is 69.8 cm³/mol. The fraction of sp³-hybridized carbons (Fsp3) is 0.0769. The van der Waals surface area contributed by atoms with Crippen LogP contribution in [0.1, 0.15) is 5.56 Å². The number of nitrogens with zero attached hydrogens (tertiary/aromatic N) is 1. The first kappa shape index (κ1) is 12.6. The van der Waals surface area contributed by atoms with E-state index < -0.39 is 5.97 Å². The Balaban J connectivity index is 2.29. The molecule has 0 fully saturated rings. The molecule has 18 heavy (non-hydrogen) atoms. The molecule has 0 saturated heterocycles. The smallest absolute Gasteiger partial charge is 0.307 e. The summed E-state index contributed by atoms with van der Waals surface area (Å²) < 4.78 is 6.41. The predicted octanol–water partition coefficient (Wildman–Crippen LogP) is 3.26. The summed E-state index contributed by atoms with van der Waals surface area (Å²) in [6.07, 6.45) is 3.16. The minimum absolute atomic E-state index is 0.0706. The quantitative estimate of drug-likeness (QED) is 0.942. The summed E-state index contributed by atoms with van der Waals surface area (Å²) in [5.74, 6) is 0.245. The summed E-state index contributed by atoms with van der Waals surface area (Å²) in [5, 5.41) is 8.84. The number of pyridine rings is 1. The van der Waals surface area contributed by atoms with Crippen molar-refractivity contribution < 1.29 is 14.6 Å². The molecule has 2 aromatic rings. The van der Waals surface area contributed by atoms with Crippen LogP contribution >= 0.6 is 15.9 Å². The molecule has 0 amide bonds. The molecule has 92 valence electrons. The number of hydrogen-bond acceptors (Lipinski definition) is 3. The number of ether oxygens (including phenoxy) is 1. The molecule has 1 heterocycles. The molecule has 0 aliphatic heterocycles. The molecule has 0 aliphatic rings. The topological polar surface area (TPSA) is 59.4 Å². The maximum Gasteiger partial charge on any atom is 0.307 e. The molecule has 0 atom stereocenters. The molecule has 4 nitrogen and oxygen atoms in total. The fourth-order valence-electron chi connectivity index (χ4n) is 1.48. The number of carboxylic acid groups (broad SMARTS) is 1. The Morgan fingerprint density at radius 3 is 2.78 bits per heavy atom. The lowest BCUT2D eigenvalue weighted by molar-refractivity contribution is -0.136. The van der Waals surface area contributed by atoms with Crippen LogP contribution in [0.3, 0.4) is 0 Å². The SMILES string of the molecule is O=C(O)Cc1ccccc1Oc1ccncc1Br. The molecule has 0 radical (unpaired) electrons. The van der Waals surface area contributed by atoms with Gasteiger partial charge in [-0.3, -0.25) is 9.78 Å². The maximum absolute atomic E-state index is 10.8. The average Bonchev–Trinajstić information content (AvgIpc) is 2.34. The Hall–Kier alpha value is -1.88. The third-order valence-corrected chi connectivity index (χ3v) is 2.86. The normalized spacial score (nSPS) is 10.1. The number of carbonyl (C=O) groups is 1. The van der Waals surface area contributed by atoms with Crippen LogP contribution in [0, 0.1) is 0 Å². The first-order valence-electron chi connectivity index (χ1n) is 5.24. The second kappa shape index (κ2) is 5.64. The monoisotopic (exact) mass is 307 g/mol. The van der Waals surface area contributed by atoms with Gasteiger partial charge in [0.25, 0.3) is 0 Å². The fourth-order valence-corrected chi connectivity index (χ4v) is 1.81. The molecule has 0 spiro atoms. The summed E-state index contributed by atoms with van der Waals surface area (Å²) in [4.78, 5) is 14.7. The first-order chi connectivity index (χ1) is 8.66. The second-order valence-corrected chi connectivity index (χ2v) is 4.44. The van der Waals surface area contributed by atoms with E-state index in [0.29, 0.717) is 17.1 Å². The van der Waals surface area contributed by atoms with E-state index in [1.165, 1.54) is 0 Å². The van der Waals surface area contributed by atoms with E-state index in [9.17, 15) is 4.79 Å². The van der Waals surface area contributed by atoms with E-state index in [1.807, 2.05) is 0 Å². The molecule has 0 saturated carbocycles. The lowest BCUT2D eigenvalue weighted by Crippen LogP contribution is -2.02. The molecule has 0 unspecified atom stereocenters. The van der Waals surface area contributed by atoms with Crippen molar-refractivity contribution in [3.8, 4) is 11.5 Å². The molecule has 1 aromatic carbocycles. The van der Waals surface area contributed by atoms with Crippen LogP contribution < -0.4 is 4.74 Å². The Labute approximate surface area is 112 Å². The van der Waals surface area contributed by atoms with Crippen LogP contribution in [0.15, 0.2) is 47.2 Å². The van der Waals surface area contributed by atoms with Crippen molar-refractivity contribution in [2.75, 3.05) is 0 Å². The summed E-state index contributed by atoms with van der Waals surface area (Å²) in [5.41, 5.74) is 0.633. The summed E-state index contributed by atoms with van der Waals surface area (Å²) in [6, 6.07) is 8.77. The van der Waals surface area contributed by atoms with Crippen molar-refractivity contribution in [2.24, 2.45) is 0 Å². The van der Waals surface area contributed by atoms with E-state index in [1.54, 1.807) is 42.7 Å². The summed E-state index contributed by atoms with van der Waals surface area (Å²) in [6.45, 7) is 0. The number of halogens is 1. The number of carboxylic acids is 1. The molecule has 0 bridgehead atoms. The van der Waals surface area contributed by atoms with E-state index in [0.717, 1.165) is 4.47 Å². The Kier molecular flexibility index (Phi) is 3.94. The number of hydrogen-bond donors (Lipinski definition) is 1. The van der Waals surface area contributed by atoms with Gasteiger partial charge in [-0.25, -0.2) is 0 Å². The lowest BCUT2D eigenvalue weighted by Gasteiger charge is -2.10. The summed E-state index contributed by atoms with van der Waals surface area (Å²) in [7, 11) is 0. The maximum atomic E-state index is 10.8. The van der Waals surface area contributed by atoms with Gasteiger partial charge in [0.2, 0.25) is 0 Å². The Bertz CT molecular complexity index is 572. The van der Waals surface area contributed by atoms with Gasteiger partial charge in [0.1, 0.15) is 11.5 Å². The highest BCUT2D eigenvalue weighted by Gasteiger charge is 2.09. The van der Waals surface area contributed by atoms with Crippen molar-refractivity contribution in [1.82, 2.24) is 4.98 Å². The number of aromatic nitrogens is 1. The van der Waals surface area contributed by atoms with Crippen LogP contribution in [0.25, 0.3) is 0 Å². The number of aliphatic carboxylic acids is 1. The molecular formula is C13H10BrNO3. The van der Waals surface area contributed by atoms with Gasteiger partial charge in [-0.05, 0) is 22.0 Å². The van der Waals surface area contributed by atoms with Gasteiger partial charge in [0.15, 0.2) is 0 Å². The second-order valence-electron chi connectivity index (χ2n) is 3.59. The molecule has 2 rings (SSSR count). The highest BCUT2D eigenvalue weighted by Crippen LogP contribution is 2.30. The van der Waals surface area contributed by atoms with Crippen LogP contribution in [-0.4, -0.2) is 16.1 Å². The highest BCUT2D eigenvalue weighted by atomic mass is 79.9. The number of benzene rings is 1. The Morgan fingerprint density at radius 2 is 2.06 bits per heavy atom. The van der Waals surface area contributed by atoms with Gasteiger partial charge in [0.05, 0.1) is 10.9 Å². The largest absolute Gasteiger partial charge is 0.481 e. The van der Waals surface area contributed by atoms with Crippen LogP contribution in [0.2, 0.25) is 0 Å². The van der Waals surface area contributed by atoms with Gasteiger partial charge in [0, 0.05) is 24.0 Å². The third-order valence-electron chi connectivity index (χ3n) is 2.27. The molecule has 1 N–H and O–H groups in total. The first-order valence-corrected chi connectivity index (χ1v) is 6.03. The molecular weight excluding hydrogens is 298 g/mol. The van der Waals surface area contributed by atoms with E-state index in [-0.39, 0.29) is 6.42 Å². The number of rotatable bonds is 4. The van der Waals surface area contributed by atoms with Crippen molar-refractivity contribution >= 4 is 21.9 Å². The minimum Gasteiger partial charge on any atom is -0.481 e. The van der Waals surface area contributed by atoms with Crippen molar-refractivity contribution in [3.05, 3.63) is 52.8 Å². The van der Waals surface area contributed by atoms with Gasteiger partial charge in [-0.2, -0.15) is 0 Å². The highest BCUT2D eigenvalue weighted by molar-refractivity contribution is 9.10. The van der Waals surface area contributed by atoms with E-state index in [2.05, 4.69) is 20.9 Å². The summed E-state index contributed by atoms with van der Waals surface area (Å²) >= 11 is 3.33. The zero-order valence-corrected chi connectivity index (χ0v) is 10.9. The van der Waals surface area contributed by atoms with Crippen LogP contribution in [-0.2, 0) is 11.2 Å². The minimum atomic E-state index is -0.889.